The van der Waals surface area contributed by atoms with Crippen molar-refractivity contribution in [1.29, 1.82) is 0 Å². The zero-order valence-corrected chi connectivity index (χ0v) is 15.9. The van der Waals surface area contributed by atoms with Crippen LogP contribution in [-0.2, 0) is 14.8 Å². The van der Waals surface area contributed by atoms with E-state index in [1.165, 1.54) is 4.31 Å². The van der Waals surface area contributed by atoms with E-state index >= 15 is 0 Å². The fourth-order valence-electron chi connectivity index (χ4n) is 2.89. The summed E-state index contributed by atoms with van der Waals surface area (Å²) in [7, 11) is -3.54. The van der Waals surface area contributed by atoms with Gasteiger partial charge in [-0.05, 0) is 44.0 Å². The molecule has 1 fully saturated rings. The summed E-state index contributed by atoms with van der Waals surface area (Å²) in [5.74, 6) is 0.784. The van der Waals surface area contributed by atoms with Crippen molar-refractivity contribution in [2.45, 2.75) is 44.4 Å². The van der Waals surface area contributed by atoms with E-state index < -0.39 is 10.0 Å². The first kappa shape index (κ1) is 19.7. The van der Waals surface area contributed by atoms with E-state index in [-0.39, 0.29) is 10.8 Å². The first-order chi connectivity index (χ1) is 12.0. The number of carbonyl (C=O) groups is 1. The second kappa shape index (κ2) is 9.20. The molecule has 1 amide bonds. The molecule has 1 saturated heterocycles. The smallest absolute Gasteiger partial charge is 0.243 e. The molecule has 1 heterocycles. The maximum atomic E-state index is 12.8. The van der Waals surface area contributed by atoms with Crippen LogP contribution in [0.15, 0.2) is 29.2 Å². The van der Waals surface area contributed by atoms with Crippen LogP contribution in [0.3, 0.4) is 0 Å². The summed E-state index contributed by atoms with van der Waals surface area (Å²) in [5.41, 5.74) is 0. The van der Waals surface area contributed by atoms with E-state index in [4.69, 9.17) is 4.74 Å². The summed E-state index contributed by atoms with van der Waals surface area (Å²) < 4.78 is 32.5. The molecule has 0 atom stereocenters. The predicted octanol–water partition coefficient (Wildman–Crippen LogP) is 2.50. The number of carbonyl (C=O) groups excluding carboxylic acids is 1. The maximum Gasteiger partial charge on any atom is 0.243 e. The summed E-state index contributed by atoms with van der Waals surface area (Å²) in [6.07, 6.45) is 3.07. The van der Waals surface area contributed by atoms with Gasteiger partial charge in [-0.15, -0.1) is 0 Å². The number of ether oxygens (including phenoxy) is 1. The third-order valence-electron chi connectivity index (χ3n) is 4.32. The molecule has 1 aromatic rings. The number of hydrogen-bond donors (Lipinski definition) is 0. The number of hydrogen-bond acceptors (Lipinski definition) is 4. The van der Waals surface area contributed by atoms with E-state index in [2.05, 4.69) is 6.92 Å². The molecule has 0 aromatic heterocycles. The van der Waals surface area contributed by atoms with Crippen LogP contribution in [0.25, 0.3) is 0 Å². The summed E-state index contributed by atoms with van der Waals surface area (Å²) in [4.78, 5) is 14.2. The summed E-state index contributed by atoms with van der Waals surface area (Å²) >= 11 is 0. The van der Waals surface area contributed by atoms with Crippen molar-refractivity contribution < 1.29 is 17.9 Å². The van der Waals surface area contributed by atoms with Gasteiger partial charge < -0.3 is 9.64 Å². The lowest BCUT2D eigenvalue weighted by molar-refractivity contribution is -0.131. The van der Waals surface area contributed by atoms with Crippen LogP contribution in [0.4, 0.5) is 0 Å². The van der Waals surface area contributed by atoms with Gasteiger partial charge in [0.1, 0.15) is 5.75 Å². The van der Waals surface area contributed by atoms with Crippen LogP contribution in [0.5, 0.6) is 5.75 Å². The predicted molar refractivity (Wildman–Crippen MR) is 97.1 cm³/mol. The third kappa shape index (κ3) is 5.19. The molecule has 25 heavy (non-hydrogen) atoms. The van der Waals surface area contributed by atoms with Gasteiger partial charge in [0.2, 0.25) is 15.9 Å². The van der Waals surface area contributed by atoms with Crippen molar-refractivity contribution in [2.75, 3.05) is 32.8 Å². The average molecular weight is 368 g/mol. The number of sulfonamides is 1. The molecule has 0 aliphatic carbocycles. The van der Waals surface area contributed by atoms with Gasteiger partial charge in [-0.2, -0.15) is 4.31 Å². The topological polar surface area (TPSA) is 66.9 Å². The fourth-order valence-corrected chi connectivity index (χ4v) is 4.36. The number of nitrogens with zero attached hydrogens (tertiary/aromatic N) is 2. The number of amides is 1. The van der Waals surface area contributed by atoms with Gasteiger partial charge in [-0.25, -0.2) is 8.42 Å². The van der Waals surface area contributed by atoms with E-state index in [1.807, 2.05) is 6.92 Å². The van der Waals surface area contributed by atoms with E-state index in [0.29, 0.717) is 51.4 Å². The minimum absolute atomic E-state index is 0.127. The highest BCUT2D eigenvalue weighted by atomic mass is 32.2. The molecule has 7 heteroatoms. The Morgan fingerprint density at radius 2 is 1.80 bits per heavy atom. The molecule has 0 bridgehead atoms. The fraction of sp³-hybridized carbons (Fsp3) is 0.611. The SMILES string of the molecule is CCCCC(=O)N1CCCN(S(=O)(=O)c2ccc(OCC)cc2)CC1. The Morgan fingerprint density at radius 1 is 1.08 bits per heavy atom. The monoisotopic (exact) mass is 368 g/mol. The first-order valence-electron chi connectivity index (χ1n) is 8.99. The summed E-state index contributed by atoms with van der Waals surface area (Å²) in [6, 6.07) is 6.51. The zero-order chi connectivity index (χ0) is 18.3. The summed E-state index contributed by atoms with van der Waals surface area (Å²) in [5, 5.41) is 0. The molecule has 1 aromatic carbocycles. The van der Waals surface area contributed by atoms with Gasteiger partial charge in [0.25, 0.3) is 0 Å². The van der Waals surface area contributed by atoms with Crippen LogP contribution in [0.1, 0.15) is 39.5 Å². The molecule has 1 aliphatic rings. The Hall–Kier alpha value is -1.60. The highest BCUT2D eigenvalue weighted by molar-refractivity contribution is 7.89. The van der Waals surface area contributed by atoms with Crippen molar-refractivity contribution in [1.82, 2.24) is 9.21 Å². The van der Waals surface area contributed by atoms with Crippen molar-refractivity contribution >= 4 is 15.9 Å². The first-order valence-corrected chi connectivity index (χ1v) is 10.4. The lowest BCUT2D eigenvalue weighted by atomic mass is 10.2. The van der Waals surface area contributed by atoms with Crippen LogP contribution in [0, 0.1) is 0 Å². The Balaban J connectivity index is 2.03. The molecule has 0 spiro atoms. The van der Waals surface area contributed by atoms with E-state index in [0.717, 1.165) is 12.8 Å². The standard InChI is InChI=1S/C18H28N2O4S/c1-3-5-7-18(21)19-12-6-13-20(15-14-19)25(22,23)17-10-8-16(9-11-17)24-4-2/h8-11H,3-7,12-15H2,1-2H3. The zero-order valence-electron chi connectivity index (χ0n) is 15.1. The van der Waals surface area contributed by atoms with Crippen molar-refractivity contribution in [3.8, 4) is 5.75 Å². The Morgan fingerprint density at radius 3 is 2.44 bits per heavy atom. The van der Waals surface area contributed by atoms with E-state index in [9.17, 15) is 13.2 Å². The van der Waals surface area contributed by atoms with Gasteiger partial charge in [0.15, 0.2) is 0 Å². The second-order valence-electron chi connectivity index (χ2n) is 6.15. The van der Waals surface area contributed by atoms with Crippen LogP contribution >= 0.6 is 0 Å². The highest BCUT2D eigenvalue weighted by Crippen LogP contribution is 2.21. The van der Waals surface area contributed by atoms with Crippen molar-refractivity contribution in [3.05, 3.63) is 24.3 Å². The van der Waals surface area contributed by atoms with E-state index in [1.54, 1.807) is 29.2 Å². The van der Waals surface area contributed by atoms with Crippen LogP contribution < -0.4 is 4.74 Å². The largest absolute Gasteiger partial charge is 0.494 e. The molecule has 6 nitrogen and oxygen atoms in total. The van der Waals surface area contributed by atoms with Gasteiger partial charge in [0.05, 0.1) is 11.5 Å². The quantitative estimate of drug-likeness (QED) is 0.742. The molecule has 140 valence electrons. The molecule has 0 saturated carbocycles. The van der Waals surface area contributed by atoms with Gasteiger partial charge in [-0.1, -0.05) is 13.3 Å². The Bertz CT molecular complexity index is 658. The lowest BCUT2D eigenvalue weighted by Crippen LogP contribution is -2.37. The van der Waals surface area contributed by atoms with Gasteiger partial charge in [-0.3, -0.25) is 4.79 Å². The Labute approximate surface area is 150 Å². The number of benzene rings is 1. The molecule has 1 aliphatic heterocycles. The van der Waals surface area contributed by atoms with Crippen molar-refractivity contribution in [3.63, 3.8) is 0 Å². The van der Waals surface area contributed by atoms with Crippen LogP contribution in [0.2, 0.25) is 0 Å². The van der Waals surface area contributed by atoms with Crippen molar-refractivity contribution in [2.24, 2.45) is 0 Å². The molecular formula is C18H28N2O4S. The normalized spacial score (nSPS) is 16.5. The lowest BCUT2D eigenvalue weighted by Gasteiger charge is -2.22. The maximum absolute atomic E-state index is 12.8. The van der Waals surface area contributed by atoms with Crippen LogP contribution in [-0.4, -0.2) is 56.3 Å². The summed E-state index contributed by atoms with van der Waals surface area (Å²) in [6.45, 7) is 6.34. The highest BCUT2D eigenvalue weighted by Gasteiger charge is 2.28. The second-order valence-corrected chi connectivity index (χ2v) is 8.08. The minimum atomic E-state index is -3.54. The van der Waals surface area contributed by atoms with Gasteiger partial charge >= 0.3 is 0 Å². The molecular weight excluding hydrogens is 340 g/mol. The average Bonchev–Trinajstić information content (AvgIpc) is 2.87. The number of unbranched alkanes of at least 4 members (excludes halogenated alkanes) is 1. The molecule has 2 rings (SSSR count). The number of rotatable bonds is 7. The molecule has 0 N–H and O–H groups in total. The van der Waals surface area contributed by atoms with Gasteiger partial charge in [0, 0.05) is 32.6 Å². The Kier molecular flexibility index (Phi) is 7.25. The third-order valence-corrected chi connectivity index (χ3v) is 6.24. The molecule has 0 radical (unpaired) electrons. The minimum Gasteiger partial charge on any atom is -0.494 e. The molecule has 0 unspecified atom stereocenters.